The molecule has 0 aliphatic heterocycles. The second kappa shape index (κ2) is 11.5. The van der Waals surface area contributed by atoms with Gasteiger partial charge in [-0.1, -0.05) is 36.4 Å². The lowest BCUT2D eigenvalue weighted by Gasteiger charge is -2.09. The van der Waals surface area contributed by atoms with Crippen LogP contribution < -0.4 is 0 Å². The van der Waals surface area contributed by atoms with E-state index in [9.17, 15) is 9.90 Å². The SMILES string of the molecule is O=Cc1ccc2cncc(-c3cc4ccccc4o3)c2n1.OCC(O)c1ccc2cncc(-c3cc4ccccc4o3)c2n1. The molecule has 2 N–H and O–H groups in total. The number of nitrogens with zero attached hydrogens (tertiary/aromatic N) is 4. The molecule has 0 saturated heterocycles. The van der Waals surface area contributed by atoms with Gasteiger partial charge in [0.1, 0.15) is 34.5 Å². The summed E-state index contributed by atoms with van der Waals surface area (Å²) < 4.78 is 11.8. The highest BCUT2D eigenvalue weighted by Crippen LogP contribution is 2.33. The van der Waals surface area contributed by atoms with Gasteiger partial charge in [0.2, 0.25) is 0 Å². The van der Waals surface area contributed by atoms with Crippen LogP contribution in [0.2, 0.25) is 0 Å². The molecule has 0 bridgehead atoms. The number of rotatable bonds is 5. The number of pyridine rings is 4. The number of furan rings is 2. The van der Waals surface area contributed by atoms with Crippen LogP contribution in [-0.4, -0.2) is 43.0 Å². The molecule has 0 aliphatic carbocycles. The molecule has 0 radical (unpaired) electrons. The monoisotopic (exact) mass is 580 g/mol. The Morgan fingerprint density at radius 2 is 1.20 bits per heavy atom. The molecule has 0 saturated carbocycles. The third kappa shape index (κ3) is 5.06. The average Bonchev–Trinajstić information content (AvgIpc) is 3.72. The maximum absolute atomic E-state index is 10.9. The summed E-state index contributed by atoms with van der Waals surface area (Å²) in [5.74, 6) is 1.37. The van der Waals surface area contributed by atoms with Gasteiger partial charge in [-0.2, -0.15) is 0 Å². The fraction of sp³-hybridized carbons (Fsp3) is 0.0571. The minimum absolute atomic E-state index is 0.371. The largest absolute Gasteiger partial charge is 0.456 e. The minimum Gasteiger partial charge on any atom is -0.456 e. The topological polar surface area (TPSA) is 135 Å². The summed E-state index contributed by atoms with van der Waals surface area (Å²) >= 11 is 0. The van der Waals surface area contributed by atoms with Crippen LogP contribution in [0.3, 0.4) is 0 Å². The van der Waals surface area contributed by atoms with Crippen molar-refractivity contribution in [3.8, 4) is 22.6 Å². The van der Waals surface area contributed by atoms with Gasteiger partial charge in [0.25, 0.3) is 0 Å². The Morgan fingerprint density at radius 3 is 1.75 bits per heavy atom. The molecule has 2 aromatic carbocycles. The van der Waals surface area contributed by atoms with Crippen molar-refractivity contribution < 1.29 is 23.8 Å². The summed E-state index contributed by atoms with van der Waals surface area (Å²) in [4.78, 5) is 28.3. The Kier molecular flexibility index (Phi) is 7.07. The molecule has 44 heavy (non-hydrogen) atoms. The number of carbonyl (C=O) groups excluding carboxylic acids is 1. The van der Waals surface area contributed by atoms with Gasteiger partial charge in [-0.25, -0.2) is 9.97 Å². The molecule has 0 fully saturated rings. The normalized spacial score (nSPS) is 12.0. The fourth-order valence-electron chi connectivity index (χ4n) is 5.05. The van der Waals surface area contributed by atoms with E-state index in [0.717, 1.165) is 50.1 Å². The standard InChI is InChI=1S/C18H14N2O3.C17H10N2O2/c21-10-15(22)14-6-5-12-8-19-9-13(18(12)20-14)17-7-11-3-1-2-4-16(11)23-17;20-10-13-6-5-12-8-18-9-14(17(12)19-13)16-7-11-3-1-2-4-15(11)21-16/h1-9,15,21-22H,10H2;1-10H. The van der Waals surface area contributed by atoms with Crippen molar-refractivity contribution >= 4 is 50.0 Å². The first-order valence-corrected chi connectivity index (χ1v) is 13.8. The van der Waals surface area contributed by atoms with Crippen LogP contribution in [-0.2, 0) is 0 Å². The van der Waals surface area contributed by atoms with E-state index in [2.05, 4.69) is 19.9 Å². The predicted octanol–water partition coefficient (Wildman–Crippen LogP) is 6.92. The van der Waals surface area contributed by atoms with Crippen LogP contribution in [0.15, 0.2) is 119 Å². The molecule has 9 nitrogen and oxygen atoms in total. The zero-order valence-electron chi connectivity index (χ0n) is 23.2. The van der Waals surface area contributed by atoms with E-state index in [-0.39, 0.29) is 6.61 Å². The van der Waals surface area contributed by atoms with Crippen LogP contribution in [0, 0.1) is 0 Å². The number of benzene rings is 2. The zero-order chi connectivity index (χ0) is 30.0. The summed E-state index contributed by atoms with van der Waals surface area (Å²) in [6.45, 7) is -0.371. The van der Waals surface area contributed by atoms with Gasteiger partial charge in [0, 0.05) is 46.3 Å². The molecule has 0 spiro atoms. The molecule has 8 aromatic rings. The number of hydrogen-bond donors (Lipinski definition) is 2. The number of aromatic nitrogens is 4. The summed E-state index contributed by atoms with van der Waals surface area (Å²) in [6.07, 6.45) is 6.58. The van der Waals surface area contributed by atoms with E-state index < -0.39 is 6.10 Å². The van der Waals surface area contributed by atoms with Crippen LogP contribution >= 0.6 is 0 Å². The molecule has 214 valence electrons. The molecule has 9 heteroatoms. The molecule has 6 heterocycles. The van der Waals surface area contributed by atoms with Crippen molar-refractivity contribution in [2.24, 2.45) is 0 Å². The molecular formula is C35H24N4O5. The lowest BCUT2D eigenvalue weighted by molar-refractivity contribution is 0.0925. The Bertz CT molecular complexity index is 2230. The Morgan fingerprint density at radius 1 is 0.659 bits per heavy atom. The first-order valence-electron chi connectivity index (χ1n) is 13.8. The van der Waals surface area contributed by atoms with E-state index in [1.54, 1.807) is 36.9 Å². The van der Waals surface area contributed by atoms with E-state index >= 15 is 0 Å². The summed E-state index contributed by atoms with van der Waals surface area (Å²) in [6, 6.07) is 26.5. The number of hydrogen-bond acceptors (Lipinski definition) is 9. The Hall–Kier alpha value is -5.77. The number of aliphatic hydroxyl groups excluding tert-OH is 2. The summed E-state index contributed by atoms with van der Waals surface area (Å²) in [5.41, 5.74) is 5.37. The molecule has 6 aromatic heterocycles. The third-order valence-electron chi connectivity index (χ3n) is 7.26. The smallest absolute Gasteiger partial charge is 0.168 e. The van der Waals surface area contributed by atoms with Crippen molar-refractivity contribution in [1.29, 1.82) is 0 Å². The van der Waals surface area contributed by atoms with Crippen LogP contribution in [0.4, 0.5) is 0 Å². The highest BCUT2D eigenvalue weighted by atomic mass is 16.3. The molecule has 0 aliphatic rings. The van der Waals surface area contributed by atoms with E-state index in [4.69, 9.17) is 13.9 Å². The molecule has 1 atom stereocenters. The highest BCUT2D eigenvalue weighted by Gasteiger charge is 2.15. The van der Waals surface area contributed by atoms with Gasteiger partial charge in [-0.05, 0) is 48.5 Å². The van der Waals surface area contributed by atoms with Crippen LogP contribution in [0.5, 0.6) is 0 Å². The van der Waals surface area contributed by atoms with Crippen LogP contribution in [0.25, 0.3) is 66.4 Å². The van der Waals surface area contributed by atoms with Crippen LogP contribution in [0.1, 0.15) is 22.3 Å². The van der Waals surface area contributed by atoms with Crippen molar-refractivity contribution in [3.05, 3.63) is 121 Å². The first kappa shape index (κ1) is 27.1. The van der Waals surface area contributed by atoms with Crippen molar-refractivity contribution in [1.82, 2.24) is 19.9 Å². The quantitative estimate of drug-likeness (QED) is 0.208. The van der Waals surface area contributed by atoms with Gasteiger partial charge in [-0.3, -0.25) is 14.8 Å². The van der Waals surface area contributed by atoms with Crippen molar-refractivity contribution in [2.45, 2.75) is 6.10 Å². The summed E-state index contributed by atoms with van der Waals surface area (Å²) in [5, 5.41) is 22.7. The summed E-state index contributed by atoms with van der Waals surface area (Å²) in [7, 11) is 0. The number of fused-ring (bicyclic) bond motifs is 4. The second-order valence-corrected chi connectivity index (χ2v) is 10.1. The maximum atomic E-state index is 10.9. The number of para-hydroxylation sites is 2. The minimum atomic E-state index is -1.00. The molecule has 8 rings (SSSR count). The third-order valence-corrected chi connectivity index (χ3v) is 7.26. The van der Waals surface area contributed by atoms with Gasteiger partial charge < -0.3 is 19.0 Å². The zero-order valence-corrected chi connectivity index (χ0v) is 23.2. The highest BCUT2D eigenvalue weighted by molar-refractivity contribution is 5.96. The predicted molar refractivity (Wildman–Crippen MR) is 167 cm³/mol. The fourth-order valence-corrected chi connectivity index (χ4v) is 5.05. The van der Waals surface area contributed by atoms with E-state index in [0.29, 0.717) is 33.9 Å². The van der Waals surface area contributed by atoms with Crippen molar-refractivity contribution in [2.75, 3.05) is 6.61 Å². The maximum Gasteiger partial charge on any atom is 0.168 e. The average molecular weight is 581 g/mol. The number of aldehydes is 1. The van der Waals surface area contributed by atoms with Gasteiger partial charge >= 0.3 is 0 Å². The van der Waals surface area contributed by atoms with Gasteiger partial charge in [-0.15, -0.1) is 0 Å². The first-order chi connectivity index (χ1) is 21.6. The van der Waals surface area contributed by atoms with E-state index in [1.165, 1.54) is 0 Å². The molecule has 1 unspecified atom stereocenters. The Balaban J connectivity index is 0.000000143. The number of carbonyl (C=O) groups is 1. The Labute approximate surface area is 250 Å². The van der Waals surface area contributed by atoms with Crippen molar-refractivity contribution in [3.63, 3.8) is 0 Å². The molecular weight excluding hydrogens is 556 g/mol. The lowest BCUT2D eigenvalue weighted by Crippen LogP contribution is -2.05. The lowest BCUT2D eigenvalue weighted by atomic mass is 10.1. The van der Waals surface area contributed by atoms with E-state index in [1.807, 2.05) is 72.8 Å². The number of aliphatic hydroxyl groups is 2. The molecule has 0 amide bonds. The van der Waals surface area contributed by atoms with Gasteiger partial charge in [0.05, 0.1) is 34.5 Å². The van der Waals surface area contributed by atoms with Gasteiger partial charge in [0.15, 0.2) is 6.29 Å². The second-order valence-electron chi connectivity index (χ2n) is 10.1.